The smallest absolute Gasteiger partial charge is 0.212 e. The number of aliphatic hydroxyl groups is 1. The minimum atomic E-state index is 0.0221. The molecule has 8 nitrogen and oxygen atoms in total. The lowest BCUT2D eigenvalue weighted by atomic mass is 9.95. The third-order valence-electron chi connectivity index (χ3n) is 5.00. The number of hydrogen-bond acceptors (Lipinski definition) is 7. The van der Waals surface area contributed by atoms with Crippen molar-refractivity contribution < 1.29 is 9.84 Å². The zero-order chi connectivity index (χ0) is 18.6. The summed E-state index contributed by atoms with van der Waals surface area (Å²) in [7, 11) is 1.59. The highest BCUT2D eigenvalue weighted by Crippen LogP contribution is 2.32. The van der Waals surface area contributed by atoms with Gasteiger partial charge in [-0.3, -0.25) is 0 Å². The van der Waals surface area contributed by atoms with Gasteiger partial charge in [0.15, 0.2) is 17.3 Å². The zero-order valence-electron chi connectivity index (χ0n) is 15.4. The fourth-order valence-corrected chi connectivity index (χ4v) is 3.60. The molecule has 3 aromatic rings. The van der Waals surface area contributed by atoms with E-state index in [0.29, 0.717) is 30.1 Å². The second-order valence-corrected chi connectivity index (χ2v) is 6.75. The Morgan fingerprint density at radius 1 is 1.19 bits per heavy atom. The van der Waals surface area contributed by atoms with Gasteiger partial charge in [0, 0.05) is 30.4 Å². The Morgan fingerprint density at radius 3 is 2.74 bits per heavy atom. The second kappa shape index (κ2) is 7.87. The van der Waals surface area contributed by atoms with E-state index in [2.05, 4.69) is 24.8 Å². The van der Waals surface area contributed by atoms with Gasteiger partial charge in [0.05, 0.1) is 20.0 Å². The predicted molar refractivity (Wildman–Crippen MR) is 103 cm³/mol. The Kier molecular flexibility index (Phi) is 5.15. The number of fused-ring (bicyclic) bond motifs is 1. The Bertz CT molecular complexity index is 902. The summed E-state index contributed by atoms with van der Waals surface area (Å²) in [4.78, 5) is 18.3. The number of imidazole rings is 1. The molecule has 3 heterocycles. The average Bonchev–Trinajstić information content (AvgIpc) is 3.17. The molecule has 142 valence electrons. The molecule has 1 aliphatic rings. The molecule has 0 aliphatic heterocycles. The normalized spacial score (nSPS) is 15.2. The van der Waals surface area contributed by atoms with Crippen molar-refractivity contribution in [2.75, 3.05) is 25.6 Å². The molecule has 0 radical (unpaired) electrons. The van der Waals surface area contributed by atoms with Crippen LogP contribution < -0.4 is 10.1 Å². The molecule has 2 N–H and O–H groups in total. The maximum atomic E-state index is 9.20. The molecule has 0 bridgehead atoms. The summed E-state index contributed by atoms with van der Waals surface area (Å²) in [6.07, 6.45) is 9.64. The average molecular weight is 368 g/mol. The first-order chi connectivity index (χ1) is 13.3. The van der Waals surface area contributed by atoms with Crippen LogP contribution in [0.25, 0.3) is 22.6 Å². The molecule has 1 saturated carbocycles. The fourth-order valence-electron chi connectivity index (χ4n) is 3.60. The van der Waals surface area contributed by atoms with Crippen LogP contribution >= 0.6 is 0 Å². The van der Waals surface area contributed by atoms with E-state index in [1.165, 1.54) is 19.3 Å². The van der Waals surface area contributed by atoms with E-state index < -0.39 is 0 Å². The monoisotopic (exact) mass is 368 g/mol. The van der Waals surface area contributed by atoms with Gasteiger partial charge in [0.1, 0.15) is 5.52 Å². The quantitative estimate of drug-likeness (QED) is 0.690. The lowest BCUT2D eigenvalue weighted by molar-refractivity contribution is 0.311. The predicted octanol–water partition coefficient (Wildman–Crippen LogP) is 2.81. The minimum Gasteiger partial charge on any atom is -0.481 e. The van der Waals surface area contributed by atoms with Gasteiger partial charge in [0.2, 0.25) is 5.88 Å². The lowest BCUT2D eigenvalue weighted by Crippen LogP contribution is -2.13. The van der Waals surface area contributed by atoms with Crippen LogP contribution in [-0.2, 0) is 0 Å². The van der Waals surface area contributed by atoms with Gasteiger partial charge in [-0.1, -0.05) is 19.3 Å². The molecule has 27 heavy (non-hydrogen) atoms. The third kappa shape index (κ3) is 3.57. The second-order valence-electron chi connectivity index (χ2n) is 6.75. The first-order valence-corrected chi connectivity index (χ1v) is 9.40. The van der Waals surface area contributed by atoms with Crippen LogP contribution in [0.3, 0.4) is 0 Å². The molecule has 1 aliphatic carbocycles. The minimum absolute atomic E-state index is 0.0221. The summed E-state index contributed by atoms with van der Waals surface area (Å²) in [5, 5.41) is 12.4. The topological polar surface area (TPSA) is 98.0 Å². The van der Waals surface area contributed by atoms with Crippen molar-refractivity contribution in [1.29, 1.82) is 0 Å². The van der Waals surface area contributed by atoms with Gasteiger partial charge in [-0.05, 0) is 18.9 Å². The van der Waals surface area contributed by atoms with Crippen molar-refractivity contribution in [3.05, 3.63) is 24.7 Å². The van der Waals surface area contributed by atoms with Crippen molar-refractivity contribution in [2.45, 2.75) is 38.1 Å². The number of hydrogen-bond donors (Lipinski definition) is 2. The number of nitrogens with one attached hydrogen (secondary N) is 1. The van der Waals surface area contributed by atoms with Gasteiger partial charge >= 0.3 is 0 Å². The van der Waals surface area contributed by atoms with Crippen molar-refractivity contribution in [3.63, 3.8) is 0 Å². The Labute approximate surface area is 157 Å². The van der Waals surface area contributed by atoms with Crippen LogP contribution in [0.15, 0.2) is 24.7 Å². The number of aliphatic hydroxyl groups excluding tert-OH is 1. The number of aromatic nitrogens is 5. The number of ether oxygens (including phenoxy) is 1. The number of methoxy groups -OCH3 is 1. The molecular formula is C19H24N6O2. The summed E-state index contributed by atoms with van der Waals surface area (Å²) in [6, 6.07) is 4.11. The van der Waals surface area contributed by atoms with Gasteiger partial charge in [-0.25, -0.2) is 19.9 Å². The molecule has 0 unspecified atom stereocenters. The lowest BCUT2D eigenvalue weighted by Gasteiger charge is -2.23. The maximum Gasteiger partial charge on any atom is 0.212 e. The van der Waals surface area contributed by atoms with Crippen LogP contribution in [0.4, 0.5) is 5.82 Å². The fraction of sp³-hybridized carbons (Fsp3) is 0.474. The molecule has 0 amide bonds. The Balaban J connectivity index is 1.80. The number of anilines is 1. The van der Waals surface area contributed by atoms with Crippen molar-refractivity contribution in [2.24, 2.45) is 0 Å². The Morgan fingerprint density at radius 2 is 2.04 bits per heavy atom. The molecule has 3 aromatic heterocycles. The molecule has 1 fully saturated rings. The molecular weight excluding hydrogens is 344 g/mol. The van der Waals surface area contributed by atoms with Gasteiger partial charge in [-0.15, -0.1) is 0 Å². The van der Waals surface area contributed by atoms with Crippen molar-refractivity contribution in [1.82, 2.24) is 24.5 Å². The van der Waals surface area contributed by atoms with Crippen LogP contribution in [0.5, 0.6) is 5.88 Å². The summed E-state index contributed by atoms with van der Waals surface area (Å²) in [6.45, 7) is 0.428. The van der Waals surface area contributed by atoms with Gasteiger partial charge in [-0.2, -0.15) is 0 Å². The van der Waals surface area contributed by atoms with Crippen LogP contribution in [0, 0.1) is 0 Å². The summed E-state index contributed by atoms with van der Waals surface area (Å²) >= 11 is 0. The van der Waals surface area contributed by atoms with E-state index in [4.69, 9.17) is 9.72 Å². The first-order valence-electron chi connectivity index (χ1n) is 9.40. The maximum absolute atomic E-state index is 9.20. The summed E-state index contributed by atoms with van der Waals surface area (Å²) < 4.78 is 7.31. The van der Waals surface area contributed by atoms with E-state index in [1.54, 1.807) is 19.4 Å². The van der Waals surface area contributed by atoms with Gasteiger partial charge in [0.25, 0.3) is 0 Å². The summed E-state index contributed by atoms with van der Waals surface area (Å²) in [5.74, 6) is 1.76. The highest BCUT2D eigenvalue weighted by atomic mass is 16.5. The number of nitrogens with zero attached hydrogens (tertiary/aromatic N) is 5. The highest BCUT2D eigenvalue weighted by molar-refractivity contribution is 5.85. The molecule has 8 heteroatoms. The van der Waals surface area contributed by atoms with Crippen molar-refractivity contribution in [3.8, 4) is 17.3 Å². The molecule has 4 rings (SSSR count). The largest absolute Gasteiger partial charge is 0.481 e. The molecule has 0 aromatic carbocycles. The van der Waals surface area contributed by atoms with E-state index in [0.717, 1.165) is 29.6 Å². The van der Waals surface area contributed by atoms with Crippen molar-refractivity contribution >= 4 is 17.0 Å². The van der Waals surface area contributed by atoms with E-state index in [9.17, 15) is 5.11 Å². The Hall–Kier alpha value is -2.74. The SMILES string of the molecule is COc1ccc(-c2nc(NCCO)c3ncn(C4CCCCC4)c3n2)cn1. The third-order valence-corrected chi connectivity index (χ3v) is 5.00. The van der Waals surface area contributed by atoms with Gasteiger partial charge < -0.3 is 19.7 Å². The number of rotatable bonds is 6. The van der Waals surface area contributed by atoms with E-state index >= 15 is 0 Å². The van der Waals surface area contributed by atoms with E-state index in [-0.39, 0.29) is 6.61 Å². The zero-order valence-corrected chi connectivity index (χ0v) is 15.4. The molecule has 0 atom stereocenters. The summed E-state index contributed by atoms with van der Waals surface area (Å²) in [5.41, 5.74) is 2.36. The molecule has 0 saturated heterocycles. The standard InChI is InChI=1S/C19H24N6O2/c1-27-15-8-7-13(11-21-15)17-23-18(20-9-10-26)16-19(24-17)25(12-22-16)14-5-3-2-4-6-14/h7-8,11-12,14,26H,2-6,9-10H2,1H3,(H,20,23,24). The first kappa shape index (κ1) is 17.7. The van der Waals surface area contributed by atoms with E-state index in [1.807, 2.05) is 12.4 Å². The number of pyridine rings is 1. The molecule has 0 spiro atoms. The van der Waals surface area contributed by atoms with Crippen LogP contribution in [0.1, 0.15) is 38.1 Å². The van der Waals surface area contributed by atoms with Crippen LogP contribution in [-0.4, -0.2) is 49.9 Å². The highest BCUT2D eigenvalue weighted by Gasteiger charge is 2.21. The van der Waals surface area contributed by atoms with Crippen LogP contribution in [0.2, 0.25) is 0 Å².